The molecule has 0 radical (unpaired) electrons. The molecule has 2 N–H and O–H groups in total. The highest BCUT2D eigenvalue weighted by molar-refractivity contribution is 7.89. The van der Waals surface area contributed by atoms with Gasteiger partial charge in [-0.3, -0.25) is 9.59 Å². The smallest absolute Gasteiger partial charge is 0.243 e. The molecule has 0 saturated carbocycles. The Morgan fingerprint density at radius 3 is 2.50 bits per heavy atom. The molecule has 0 unspecified atom stereocenters. The van der Waals surface area contributed by atoms with Crippen molar-refractivity contribution in [1.29, 1.82) is 0 Å². The van der Waals surface area contributed by atoms with Gasteiger partial charge < -0.3 is 10.6 Å². The summed E-state index contributed by atoms with van der Waals surface area (Å²) in [4.78, 5) is 24.3. The minimum absolute atomic E-state index is 0.00156. The van der Waals surface area contributed by atoms with Crippen LogP contribution < -0.4 is 10.6 Å². The number of hydrogen-bond acceptors (Lipinski definition) is 4. The van der Waals surface area contributed by atoms with Crippen molar-refractivity contribution in [2.45, 2.75) is 63.3 Å². The summed E-state index contributed by atoms with van der Waals surface area (Å²) in [7, 11) is -3.64. The van der Waals surface area contributed by atoms with Crippen LogP contribution in [0.1, 0.15) is 52.5 Å². The van der Waals surface area contributed by atoms with E-state index < -0.39 is 15.4 Å². The zero-order valence-corrected chi connectivity index (χ0v) is 17.7. The SMILES string of the molecule is CC(C)NC(=O)C1CCN(S(=O)(=O)c2ccc3c(c2)C(C)(C)CC(=O)N3)CC1. The first kappa shape index (κ1) is 20.8. The Labute approximate surface area is 166 Å². The van der Waals surface area contributed by atoms with E-state index in [1.165, 1.54) is 4.31 Å². The van der Waals surface area contributed by atoms with E-state index in [-0.39, 0.29) is 28.7 Å². The van der Waals surface area contributed by atoms with Gasteiger partial charge in [0, 0.05) is 42.6 Å². The van der Waals surface area contributed by atoms with Crippen LogP contribution in [0.2, 0.25) is 0 Å². The third kappa shape index (κ3) is 4.07. The molecule has 28 heavy (non-hydrogen) atoms. The quantitative estimate of drug-likeness (QED) is 0.800. The molecule has 2 aliphatic heterocycles. The highest BCUT2D eigenvalue weighted by atomic mass is 32.2. The molecule has 0 bridgehead atoms. The van der Waals surface area contributed by atoms with Gasteiger partial charge in [0.05, 0.1) is 4.90 Å². The number of fused-ring (bicyclic) bond motifs is 1. The lowest BCUT2D eigenvalue weighted by molar-refractivity contribution is -0.126. The van der Waals surface area contributed by atoms with Crippen molar-refractivity contribution in [1.82, 2.24) is 9.62 Å². The third-order valence-electron chi connectivity index (χ3n) is 5.49. The van der Waals surface area contributed by atoms with Gasteiger partial charge in [-0.25, -0.2) is 8.42 Å². The van der Waals surface area contributed by atoms with E-state index in [0.717, 1.165) is 5.56 Å². The van der Waals surface area contributed by atoms with E-state index in [2.05, 4.69) is 10.6 Å². The van der Waals surface area contributed by atoms with Crippen LogP contribution in [0.3, 0.4) is 0 Å². The van der Waals surface area contributed by atoms with Crippen molar-refractivity contribution in [2.24, 2.45) is 5.92 Å². The minimum atomic E-state index is -3.64. The molecule has 1 aromatic rings. The van der Waals surface area contributed by atoms with E-state index in [0.29, 0.717) is 38.0 Å². The molecule has 1 aromatic carbocycles. The first-order chi connectivity index (χ1) is 13.0. The van der Waals surface area contributed by atoms with Gasteiger partial charge in [0.1, 0.15) is 0 Å². The van der Waals surface area contributed by atoms with Crippen molar-refractivity contribution >= 4 is 27.5 Å². The lowest BCUT2D eigenvalue weighted by Crippen LogP contribution is -2.44. The van der Waals surface area contributed by atoms with Gasteiger partial charge in [0.25, 0.3) is 0 Å². The van der Waals surface area contributed by atoms with E-state index in [4.69, 9.17) is 0 Å². The summed E-state index contributed by atoms with van der Waals surface area (Å²) in [5.41, 5.74) is 1.08. The molecule has 1 fully saturated rings. The fourth-order valence-electron chi connectivity index (χ4n) is 3.95. The van der Waals surface area contributed by atoms with Gasteiger partial charge in [0.2, 0.25) is 21.8 Å². The highest BCUT2D eigenvalue weighted by Crippen LogP contribution is 2.39. The molecule has 7 nitrogen and oxygen atoms in total. The molecule has 2 heterocycles. The summed E-state index contributed by atoms with van der Waals surface area (Å²) in [6.07, 6.45) is 1.36. The Kier molecular flexibility index (Phi) is 5.55. The summed E-state index contributed by atoms with van der Waals surface area (Å²) >= 11 is 0. The molecule has 0 aliphatic carbocycles. The second-order valence-corrected chi connectivity index (χ2v) is 10.6. The standard InChI is InChI=1S/C20H29N3O4S/c1-13(2)21-19(25)14-7-9-23(10-8-14)28(26,27)15-5-6-17-16(11-15)20(3,4)12-18(24)22-17/h5-6,11,13-14H,7-10,12H2,1-4H3,(H,21,25)(H,22,24). The van der Waals surface area contributed by atoms with Crippen molar-refractivity contribution in [2.75, 3.05) is 18.4 Å². The summed E-state index contributed by atoms with van der Waals surface area (Å²) in [6.45, 7) is 8.38. The maximum Gasteiger partial charge on any atom is 0.243 e. The number of nitrogens with one attached hydrogen (secondary N) is 2. The van der Waals surface area contributed by atoms with Gasteiger partial charge in [-0.15, -0.1) is 0 Å². The first-order valence-corrected chi connectivity index (χ1v) is 11.2. The van der Waals surface area contributed by atoms with Crippen LogP contribution >= 0.6 is 0 Å². The molecule has 0 atom stereocenters. The van der Waals surface area contributed by atoms with E-state index in [1.807, 2.05) is 27.7 Å². The van der Waals surface area contributed by atoms with Crippen LogP contribution in [0, 0.1) is 5.92 Å². The van der Waals surface area contributed by atoms with Crippen LogP contribution in [-0.4, -0.2) is 43.7 Å². The van der Waals surface area contributed by atoms with Crippen molar-refractivity contribution < 1.29 is 18.0 Å². The number of rotatable bonds is 4. The number of carbonyl (C=O) groups excluding carboxylic acids is 2. The molecule has 3 rings (SSSR count). The normalized spacial score (nSPS) is 20.5. The summed E-state index contributed by atoms with van der Waals surface area (Å²) in [5, 5.41) is 5.72. The number of sulfonamides is 1. The molecule has 2 aliphatic rings. The molecular weight excluding hydrogens is 378 g/mol. The lowest BCUT2D eigenvalue weighted by Gasteiger charge is -2.34. The average Bonchev–Trinajstić information content (AvgIpc) is 2.60. The Hall–Kier alpha value is -1.93. The van der Waals surface area contributed by atoms with Crippen LogP contribution in [-0.2, 0) is 25.0 Å². The molecule has 1 saturated heterocycles. The number of hydrogen-bond donors (Lipinski definition) is 2. The van der Waals surface area contributed by atoms with E-state index >= 15 is 0 Å². The van der Waals surface area contributed by atoms with Crippen molar-refractivity contribution in [3.05, 3.63) is 23.8 Å². The number of anilines is 1. The van der Waals surface area contributed by atoms with Crippen molar-refractivity contribution in [3.63, 3.8) is 0 Å². The van der Waals surface area contributed by atoms with Gasteiger partial charge in [-0.05, 0) is 50.5 Å². The van der Waals surface area contributed by atoms with Crippen LogP contribution in [0.15, 0.2) is 23.1 Å². The predicted molar refractivity (Wildman–Crippen MR) is 107 cm³/mol. The molecule has 8 heteroatoms. The maximum absolute atomic E-state index is 13.1. The Bertz CT molecular complexity index is 885. The number of nitrogens with zero attached hydrogens (tertiary/aromatic N) is 1. The van der Waals surface area contributed by atoms with Gasteiger partial charge in [-0.1, -0.05) is 13.8 Å². The Balaban J connectivity index is 1.78. The summed E-state index contributed by atoms with van der Waals surface area (Å²) in [6, 6.07) is 4.98. The first-order valence-electron chi connectivity index (χ1n) is 9.75. The number of carbonyl (C=O) groups is 2. The summed E-state index contributed by atoms with van der Waals surface area (Å²) in [5.74, 6) is -0.209. The zero-order chi connectivity index (χ0) is 20.7. The number of piperidine rings is 1. The van der Waals surface area contributed by atoms with E-state index in [1.54, 1.807) is 18.2 Å². The second-order valence-electron chi connectivity index (χ2n) is 8.66. The molecule has 154 valence electrons. The zero-order valence-electron chi connectivity index (χ0n) is 16.9. The van der Waals surface area contributed by atoms with Crippen LogP contribution in [0.4, 0.5) is 5.69 Å². The van der Waals surface area contributed by atoms with Gasteiger partial charge in [-0.2, -0.15) is 4.31 Å². The lowest BCUT2D eigenvalue weighted by atomic mass is 9.78. The van der Waals surface area contributed by atoms with Crippen LogP contribution in [0.25, 0.3) is 0 Å². The number of benzene rings is 1. The average molecular weight is 408 g/mol. The second kappa shape index (κ2) is 7.48. The Morgan fingerprint density at radius 1 is 1.25 bits per heavy atom. The van der Waals surface area contributed by atoms with Gasteiger partial charge in [0.15, 0.2) is 0 Å². The third-order valence-corrected chi connectivity index (χ3v) is 7.38. The fourth-order valence-corrected chi connectivity index (χ4v) is 5.45. The molecular formula is C20H29N3O4S. The summed E-state index contributed by atoms with van der Waals surface area (Å²) < 4.78 is 27.7. The number of amides is 2. The largest absolute Gasteiger partial charge is 0.354 e. The van der Waals surface area contributed by atoms with Crippen LogP contribution in [0.5, 0.6) is 0 Å². The topological polar surface area (TPSA) is 95.6 Å². The monoisotopic (exact) mass is 407 g/mol. The predicted octanol–water partition coefficient (Wildman–Crippen LogP) is 2.23. The minimum Gasteiger partial charge on any atom is -0.354 e. The highest BCUT2D eigenvalue weighted by Gasteiger charge is 2.36. The molecule has 0 aromatic heterocycles. The van der Waals surface area contributed by atoms with E-state index in [9.17, 15) is 18.0 Å². The van der Waals surface area contributed by atoms with Crippen molar-refractivity contribution in [3.8, 4) is 0 Å². The maximum atomic E-state index is 13.1. The molecule has 0 spiro atoms. The fraction of sp³-hybridized carbons (Fsp3) is 0.600. The molecule has 2 amide bonds. The van der Waals surface area contributed by atoms with Gasteiger partial charge >= 0.3 is 0 Å². The Morgan fingerprint density at radius 2 is 1.89 bits per heavy atom.